The minimum absolute atomic E-state index is 0.0461. The zero-order chi connectivity index (χ0) is 27.1. The number of carbonyl (C=O) groups is 2. The zero-order valence-electron chi connectivity index (χ0n) is 19.8. The van der Waals surface area contributed by atoms with E-state index >= 15 is 0 Å². The van der Waals surface area contributed by atoms with Gasteiger partial charge < -0.3 is 19.8 Å². The van der Waals surface area contributed by atoms with Gasteiger partial charge in [-0.2, -0.15) is 26.3 Å². The van der Waals surface area contributed by atoms with Crippen LogP contribution in [-0.2, 0) is 4.79 Å². The Hall–Kier alpha value is -2.21. The van der Waals surface area contributed by atoms with E-state index in [4.69, 9.17) is 11.6 Å². The SMILES string of the molecule is CN(C)C(=O)c1ccc(N2CCC(C3CCN(C(=O)C(O)(C(F)(F)F)C(F)(F)F)CC3)CC2)cc1Cl. The van der Waals surface area contributed by atoms with Gasteiger partial charge in [-0.05, 0) is 55.7 Å². The number of benzene rings is 1. The van der Waals surface area contributed by atoms with Gasteiger partial charge in [0.05, 0.1) is 10.6 Å². The molecule has 202 valence electrons. The van der Waals surface area contributed by atoms with Crippen molar-refractivity contribution in [3.05, 3.63) is 28.8 Å². The Labute approximate surface area is 209 Å². The number of hydrogen-bond donors (Lipinski definition) is 1. The first-order chi connectivity index (χ1) is 16.6. The quantitative estimate of drug-likeness (QED) is 0.574. The summed E-state index contributed by atoms with van der Waals surface area (Å²) in [6.07, 6.45) is -10.3. The van der Waals surface area contributed by atoms with Gasteiger partial charge in [-0.25, -0.2) is 0 Å². The number of hydrogen-bond acceptors (Lipinski definition) is 4. The standard InChI is InChI=1S/C23H28ClF6N3O3/c1-31(2)19(34)17-4-3-16(13-18(17)24)32-9-5-14(6-10-32)15-7-11-33(12-8-15)20(35)21(36,22(25,26)27)23(28,29)30/h3-4,13-15,36H,5-12H2,1-2H3. The normalized spacial score (nSPS) is 18.9. The second kappa shape index (κ2) is 10.3. The molecule has 1 aromatic carbocycles. The van der Waals surface area contributed by atoms with E-state index in [1.54, 1.807) is 26.2 Å². The van der Waals surface area contributed by atoms with Crippen molar-refractivity contribution in [1.29, 1.82) is 0 Å². The number of amides is 2. The third-order valence-corrected chi connectivity index (χ3v) is 7.43. The van der Waals surface area contributed by atoms with Crippen LogP contribution in [0.4, 0.5) is 32.0 Å². The summed E-state index contributed by atoms with van der Waals surface area (Å²) in [4.78, 5) is 28.3. The number of halogens is 7. The van der Waals surface area contributed by atoms with Crippen LogP contribution >= 0.6 is 11.6 Å². The molecule has 2 heterocycles. The molecule has 2 aliphatic heterocycles. The lowest BCUT2D eigenvalue weighted by atomic mass is 9.78. The summed E-state index contributed by atoms with van der Waals surface area (Å²) in [5, 5.41) is 9.71. The van der Waals surface area contributed by atoms with E-state index in [9.17, 15) is 41.0 Å². The molecule has 2 fully saturated rings. The van der Waals surface area contributed by atoms with Crippen LogP contribution in [-0.4, -0.2) is 84.9 Å². The third-order valence-electron chi connectivity index (χ3n) is 7.12. The van der Waals surface area contributed by atoms with Gasteiger partial charge in [0.2, 0.25) is 0 Å². The van der Waals surface area contributed by atoms with Crippen LogP contribution in [0.5, 0.6) is 0 Å². The predicted molar refractivity (Wildman–Crippen MR) is 121 cm³/mol. The molecule has 0 aromatic heterocycles. The molecule has 6 nitrogen and oxygen atoms in total. The fourth-order valence-electron chi connectivity index (χ4n) is 4.95. The first-order valence-corrected chi connectivity index (χ1v) is 11.9. The van der Waals surface area contributed by atoms with Gasteiger partial charge in [-0.15, -0.1) is 0 Å². The number of nitrogens with zero attached hydrogens (tertiary/aromatic N) is 3. The number of carbonyl (C=O) groups excluding carboxylic acids is 2. The van der Waals surface area contributed by atoms with E-state index in [0.29, 0.717) is 28.6 Å². The monoisotopic (exact) mass is 543 g/mol. The molecular formula is C23H28ClF6N3O3. The van der Waals surface area contributed by atoms with E-state index in [-0.39, 0.29) is 43.7 Å². The lowest BCUT2D eigenvalue weighted by molar-refractivity contribution is -0.353. The molecule has 2 amide bonds. The van der Waals surface area contributed by atoms with Crippen LogP contribution in [0.1, 0.15) is 36.0 Å². The van der Waals surface area contributed by atoms with Gasteiger partial charge >= 0.3 is 18.0 Å². The summed E-state index contributed by atoms with van der Waals surface area (Å²) < 4.78 is 78.1. The third kappa shape index (κ3) is 5.39. The number of aliphatic hydroxyl groups is 1. The summed E-state index contributed by atoms with van der Waals surface area (Å²) in [5.74, 6) is -2.33. The Kier molecular flexibility index (Phi) is 8.10. The molecule has 2 aliphatic rings. The van der Waals surface area contributed by atoms with Crippen LogP contribution in [0.3, 0.4) is 0 Å². The van der Waals surface area contributed by atoms with Gasteiger partial charge in [0.1, 0.15) is 0 Å². The number of anilines is 1. The van der Waals surface area contributed by atoms with Crippen molar-refractivity contribution in [2.45, 2.75) is 43.6 Å². The van der Waals surface area contributed by atoms with Gasteiger partial charge in [-0.3, -0.25) is 9.59 Å². The Morgan fingerprint density at radius 2 is 1.39 bits per heavy atom. The van der Waals surface area contributed by atoms with Crippen molar-refractivity contribution in [3.8, 4) is 0 Å². The average molecular weight is 544 g/mol. The lowest BCUT2D eigenvalue weighted by Gasteiger charge is -2.42. The van der Waals surface area contributed by atoms with Crippen molar-refractivity contribution >= 4 is 29.1 Å². The zero-order valence-corrected chi connectivity index (χ0v) is 20.6. The maximum absolute atomic E-state index is 13.0. The molecule has 0 atom stereocenters. The maximum Gasteiger partial charge on any atom is 0.435 e. The minimum atomic E-state index is -6.17. The molecule has 0 saturated carbocycles. The molecule has 1 aromatic rings. The first-order valence-electron chi connectivity index (χ1n) is 11.5. The second-order valence-corrected chi connectivity index (χ2v) is 9.93. The fourth-order valence-corrected chi connectivity index (χ4v) is 5.21. The molecule has 0 bridgehead atoms. The Morgan fingerprint density at radius 1 is 0.917 bits per heavy atom. The lowest BCUT2D eigenvalue weighted by Crippen LogP contribution is -2.67. The van der Waals surface area contributed by atoms with Crippen molar-refractivity contribution in [2.24, 2.45) is 11.8 Å². The number of likely N-dealkylation sites (tertiary alicyclic amines) is 1. The first kappa shape index (κ1) is 28.4. The summed E-state index contributed by atoms with van der Waals surface area (Å²) in [6, 6.07) is 5.21. The van der Waals surface area contributed by atoms with E-state index in [1.807, 2.05) is 6.07 Å². The van der Waals surface area contributed by atoms with Crippen LogP contribution in [0, 0.1) is 11.8 Å². The van der Waals surface area contributed by atoms with E-state index < -0.39 is 23.9 Å². The minimum Gasteiger partial charge on any atom is -0.371 e. The molecule has 36 heavy (non-hydrogen) atoms. The molecule has 0 spiro atoms. The summed E-state index contributed by atoms with van der Waals surface area (Å²) >= 11 is 6.30. The van der Waals surface area contributed by atoms with Gasteiger partial charge in [0.25, 0.3) is 11.8 Å². The smallest absolute Gasteiger partial charge is 0.371 e. The highest BCUT2D eigenvalue weighted by atomic mass is 35.5. The molecule has 0 aliphatic carbocycles. The Bertz CT molecular complexity index is 955. The molecule has 2 saturated heterocycles. The Morgan fingerprint density at radius 3 is 1.81 bits per heavy atom. The average Bonchev–Trinajstić information content (AvgIpc) is 2.81. The van der Waals surface area contributed by atoms with Crippen molar-refractivity contribution in [1.82, 2.24) is 9.80 Å². The Balaban J connectivity index is 1.57. The predicted octanol–water partition coefficient (Wildman–Crippen LogP) is 4.35. The molecule has 0 radical (unpaired) electrons. The highest BCUT2D eigenvalue weighted by Crippen LogP contribution is 2.45. The van der Waals surface area contributed by atoms with Crippen molar-refractivity contribution in [2.75, 3.05) is 45.2 Å². The van der Waals surface area contributed by atoms with E-state index in [2.05, 4.69) is 4.90 Å². The second-order valence-electron chi connectivity index (χ2n) is 9.52. The molecule has 1 N–H and O–H groups in total. The molecular weight excluding hydrogens is 516 g/mol. The summed E-state index contributed by atoms with van der Waals surface area (Å²) in [5.41, 5.74) is -4.16. The number of piperidine rings is 2. The van der Waals surface area contributed by atoms with E-state index in [1.165, 1.54) is 4.90 Å². The molecule has 13 heteroatoms. The topological polar surface area (TPSA) is 64.1 Å². The van der Waals surface area contributed by atoms with Crippen molar-refractivity contribution in [3.63, 3.8) is 0 Å². The van der Waals surface area contributed by atoms with E-state index in [0.717, 1.165) is 18.5 Å². The van der Waals surface area contributed by atoms with Crippen LogP contribution in [0.2, 0.25) is 5.02 Å². The fraction of sp³-hybridized carbons (Fsp3) is 0.652. The van der Waals surface area contributed by atoms with Gasteiger partial charge in [0.15, 0.2) is 0 Å². The van der Waals surface area contributed by atoms with Crippen LogP contribution < -0.4 is 4.90 Å². The van der Waals surface area contributed by atoms with Crippen LogP contribution in [0.15, 0.2) is 18.2 Å². The molecule has 0 unspecified atom stereocenters. The highest BCUT2D eigenvalue weighted by molar-refractivity contribution is 6.34. The summed E-state index contributed by atoms with van der Waals surface area (Å²) in [7, 11) is 3.26. The van der Waals surface area contributed by atoms with Gasteiger partial charge in [-0.1, -0.05) is 11.6 Å². The largest absolute Gasteiger partial charge is 0.435 e. The van der Waals surface area contributed by atoms with Gasteiger partial charge in [0, 0.05) is 46.0 Å². The van der Waals surface area contributed by atoms with Crippen molar-refractivity contribution < 1.29 is 41.0 Å². The van der Waals surface area contributed by atoms with Crippen LogP contribution in [0.25, 0.3) is 0 Å². The maximum atomic E-state index is 13.0. The highest BCUT2D eigenvalue weighted by Gasteiger charge is 2.76. The summed E-state index contributed by atoms with van der Waals surface area (Å²) in [6.45, 7) is 0.774. The number of rotatable bonds is 4. The molecule has 3 rings (SSSR count). The number of alkyl halides is 6.